The van der Waals surface area contributed by atoms with Crippen molar-refractivity contribution in [3.63, 3.8) is 0 Å². The molecule has 7 heteroatoms. The number of nitrogens with zero attached hydrogens (tertiary/aromatic N) is 2. The van der Waals surface area contributed by atoms with Crippen molar-refractivity contribution in [2.24, 2.45) is 4.40 Å². The fraction of sp³-hybridized carbons (Fsp3) is 0.364. The van der Waals surface area contributed by atoms with Gasteiger partial charge in [-0.2, -0.15) is 8.42 Å². The molecule has 0 aliphatic carbocycles. The van der Waals surface area contributed by atoms with E-state index in [0.29, 0.717) is 10.9 Å². The molecule has 1 aromatic carbocycles. The number of amidine groups is 1. The number of sulfonamides is 1. The second-order valence-corrected chi connectivity index (χ2v) is 6.80. The fourth-order valence-corrected chi connectivity index (χ4v) is 3.83. The number of hydrogen-bond acceptors (Lipinski definition) is 5. The zero-order chi connectivity index (χ0) is 13.2. The van der Waals surface area contributed by atoms with E-state index in [2.05, 4.69) is 9.71 Å². The lowest BCUT2D eigenvalue weighted by atomic mass is 10.3. The second-order valence-electron chi connectivity index (χ2n) is 4.14. The van der Waals surface area contributed by atoms with E-state index in [-0.39, 0.29) is 4.90 Å². The number of fused-ring (bicyclic) bond motifs is 1. The van der Waals surface area contributed by atoms with Gasteiger partial charge in [0.1, 0.15) is 4.90 Å². The van der Waals surface area contributed by atoms with Crippen LogP contribution in [-0.2, 0) is 10.0 Å². The van der Waals surface area contributed by atoms with Crippen LogP contribution in [0.15, 0.2) is 33.6 Å². The lowest BCUT2D eigenvalue weighted by Crippen LogP contribution is -2.21. The average molecular weight is 285 g/mol. The van der Waals surface area contributed by atoms with Gasteiger partial charge >= 0.3 is 0 Å². The smallest absolute Gasteiger partial charge is 0.286 e. The zero-order valence-electron chi connectivity index (χ0n) is 10.3. The van der Waals surface area contributed by atoms with Crippen LogP contribution in [0.3, 0.4) is 0 Å². The Hall–Kier alpha value is -1.05. The van der Waals surface area contributed by atoms with E-state index in [0.717, 1.165) is 12.3 Å². The van der Waals surface area contributed by atoms with E-state index in [1.165, 1.54) is 11.8 Å². The summed E-state index contributed by atoms with van der Waals surface area (Å²) in [7, 11) is 0.399. The van der Waals surface area contributed by atoms with Gasteiger partial charge in [-0.3, -0.25) is 0 Å². The van der Waals surface area contributed by atoms with Crippen molar-refractivity contribution in [2.75, 3.05) is 31.7 Å². The van der Waals surface area contributed by atoms with Gasteiger partial charge in [0.05, 0.1) is 5.69 Å². The summed E-state index contributed by atoms with van der Waals surface area (Å²) in [5, 5.41) is 3.48. The average Bonchev–Trinajstić information content (AvgIpc) is 2.27. The molecule has 0 saturated heterocycles. The van der Waals surface area contributed by atoms with Crippen molar-refractivity contribution in [2.45, 2.75) is 4.90 Å². The summed E-state index contributed by atoms with van der Waals surface area (Å²) in [4.78, 5) is 2.28. The van der Waals surface area contributed by atoms with Gasteiger partial charge in [0.25, 0.3) is 10.0 Å². The Kier molecular flexibility index (Phi) is 3.94. The lowest BCUT2D eigenvalue weighted by Gasteiger charge is -2.17. The molecule has 1 heterocycles. The standard InChI is InChI=1S/C11H15N3O2S2/c1-14(2)7-8-17-11-12-9-5-3-4-6-10(9)18(15,16)13-11/h3-6H,7-8H2,1-2H3,(H,12,13). The number of nitrogens with one attached hydrogen (secondary N) is 1. The number of hydrogen-bond donors (Lipinski definition) is 1. The highest BCUT2D eigenvalue weighted by Crippen LogP contribution is 2.28. The van der Waals surface area contributed by atoms with E-state index in [9.17, 15) is 8.42 Å². The third-order valence-corrected chi connectivity index (χ3v) is 4.69. The van der Waals surface area contributed by atoms with Crippen LogP contribution in [0.1, 0.15) is 0 Å². The van der Waals surface area contributed by atoms with E-state index in [1.54, 1.807) is 24.3 Å². The van der Waals surface area contributed by atoms with Crippen molar-refractivity contribution in [1.29, 1.82) is 0 Å². The molecule has 0 aromatic heterocycles. The first-order valence-electron chi connectivity index (χ1n) is 5.47. The highest BCUT2D eigenvalue weighted by atomic mass is 32.2. The first-order chi connectivity index (χ1) is 8.49. The quantitative estimate of drug-likeness (QED) is 0.911. The third kappa shape index (κ3) is 3.04. The number of rotatable bonds is 3. The Morgan fingerprint density at radius 3 is 2.78 bits per heavy atom. The normalized spacial score (nSPS) is 16.9. The molecule has 0 amide bonds. The molecule has 18 heavy (non-hydrogen) atoms. The van der Waals surface area contributed by atoms with Gasteiger partial charge in [0.2, 0.25) is 0 Å². The zero-order valence-corrected chi connectivity index (χ0v) is 11.9. The molecule has 0 atom stereocenters. The van der Waals surface area contributed by atoms with E-state index in [4.69, 9.17) is 0 Å². The highest BCUT2D eigenvalue weighted by Gasteiger charge is 2.24. The Balaban J connectivity index is 2.16. The van der Waals surface area contributed by atoms with E-state index >= 15 is 0 Å². The molecule has 2 rings (SSSR count). The van der Waals surface area contributed by atoms with E-state index < -0.39 is 10.0 Å². The van der Waals surface area contributed by atoms with Crippen LogP contribution in [0.2, 0.25) is 0 Å². The molecule has 1 N–H and O–H groups in total. The third-order valence-electron chi connectivity index (χ3n) is 2.39. The number of para-hydroxylation sites is 1. The molecule has 5 nitrogen and oxygen atoms in total. The van der Waals surface area contributed by atoms with Crippen molar-refractivity contribution < 1.29 is 8.42 Å². The summed E-state index contributed by atoms with van der Waals surface area (Å²) in [5.41, 5.74) is 0.597. The fourth-order valence-electron chi connectivity index (χ4n) is 1.48. The Bertz CT molecular complexity index is 567. The minimum atomic E-state index is -3.55. The lowest BCUT2D eigenvalue weighted by molar-refractivity contribution is 0.438. The Labute approximate surface area is 111 Å². The van der Waals surface area contributed by atoms with Crippen molar-refractivity contribution in [1.82, 2.24) is 4.90 Å². The minimum absolute atomic E-state index is 0.238. The molecule has 0 radical (unpaired) electrons. The van der Waals surface area contributed by atoms with E-state index in [1.807, 2.05) is 19.0 Å². The summed E-state index contributed by atoms with van der Waals surface area (Å²) in [6.07, 6.45) is 0. The molecule has 0 bridgehead atoms. The number of benzene rings is 1. The van der Waals surface area contributed by atoms with Crippen LogP contribution in [0.25, 0.3) is 0 Å². The molecule has 0 fully saturated rings. The van der Waals surface area contributed by atoms with Gasteiger partial charge in [0.15, 0.2) is 5.17 Å². The summed E-state index contributed by atoms with van der Waals surface area (Å²) in [6.45, 7) is 0.868. The number of anilines is 1. The monoisotopic (exact) mass is 285 g/mol. The Morgan fingerprint density at radius 2 is 2.06 bits per heavy atom. The predicted molar refractivity (Wildman–Crippen MR) is 75.7 cm³/mol. The Morgan fingerprint density at radius 1 is 1.33 bits per heavy atom. The topological polar surface area (TPSA) is 61.8 Å². The highest BCUT2D eigenvalue weighted by molar-refractivity contribution is 8.14. The van der Waals surface area contributed by atoms with Crippen LogP contribution in [-0.4, -0.2) is 44.9 Å². The molecule has 1 aromatic rings. The molecule has 0 spiro atoms. The van der Waals surface area contributed by atoms with Crippen LogP contribution in [0, 0.1) is 0 Å². The van der Waals surface area contributed by atoms with Gasteiger partial charge in [-0.05, 0) is 26.2 Å². The maximum Gasteiger partial charge on any atom is 0.286 e. The molecule has 0 saturated carbocycles. The summed E-state index contributed by atoms with van der Waals surface area (Å²) >= 11 is 1.41. The SMILES string of the molecule is CN(C)CCSC1=NS(=O)(=O)c2ccccc2N1. The van der Waals surface area contributed by atoms with Crippen molar-refractivity contribution in [3.8, 4) is 0 Å². The first-order valence-corrected chi connectivity index (χ1v) is 7.90. The van der Waals surface area contributed by atoms with Gasteiger partial charge in [-0.25, -0.2) is 0 Å². The summed E-state index contributed by atoms with van der Waals surface area (Å²) in [5.74, 6) is 0.788. The predicted octanol–water partition coefficient (Wildman–Crippen LogP) is 1.45. The molecule has 1 aliphatic rings. The minimum Gasteiger partial charge on any atom is -0.333 e. The second kappa shape index (κ2) is 5.29. The van der Waals surface area contributed by atoms with Crippen molar-refractivity contribution in [3.05, 3.63) is 24.3 Å². The van der Waals surface area contributed by atoms with Crippen LogP contribution in [0.4, 0.5) is 5.69 Å². The maximum atomic E-state index is 11.9. The molecular weight excluding hydrogens is 270 g/mol. The molecule has 1 aliphatic heterocycles. The molecule has 0 unspecified atom stereocenters. The van der Waals surface area contributed by atoms with Gasteiger partial charge in [0, 0.05) is 12.3 Å². The van der Waals surface area contributed by atoms with Crippen molar-refractivity contribution >= 4 is 32.6 Å². The van der Waals surface area contributed by atoms with Crippen LogP contribution >= 0.6 is 11.8 Å². The van der Waals surface area contributed by atoms with Gasteiger partial charge in [-0.1, -0.05) is 23.9 Å². The van der Waals surface area contributed by atoms with Gasteiger partial charge < -0.3 is 10.2 Å². The summed E-state index contributed by atoms with van der Waals surface area (Å²) in [6, 6.07) is 6.79. The summed E-state index contributed by atoms with van der Waals surface area (Å²) < 4.78 is 27.6. The van der Waals surface area contributed by atoms with Gasteiger partial charge in [-0.15, -0.1) is 4.40 Å². The maximum absolute atomic E-state index is 11.9. The largest absolute Gasteiger partial charge is 0.333 e. The molecular formula is C11H15N3O2S2. The van der Waals surface area contributed by atoms with Crippen LogP contribution < -0.4 is 5.32 Å². The first kappa shape index (κ1) is 13.4. The van der Waals surface area contributed by atoms with Crippen LogP contribution in [0.5, 0.6) is 0 Å². The molecule has 98 valence electrons. The number of thioether (sulfide) groups is 1.